The molecule has 0 saturated heterocycles. The van der Waals surface area contributed by atoms with Crippen molar-refractivity contribution < 1.29 is 9.18 Å². The minimum atomic E-state index is -0.337. The van der Waals surface area contributed by atoms with Gasteiger partial charge >= 0.3 is 0 Å². The summed E-state index contributed by atoms with van der Waals surface area (Å²) in [6, 6.07) is 22.7. The Balaban J connectivity index is 1.68. The maximum atomic E-state index is 13.1. The number of carbonyl (C=O) groups is 1. The zero-order valence-corrected chi connectivity index (χ0v) is 16.6. The number of hydrogen-bond acceptors (Lipinski definition) is 2. The molecule has 3 aromatic carbocycles. The fourth-order valence-corrected chi connectivity index (χ4v) is 3.52. The molecular formula is C25H21FN2O2. The molecule has 0 spiro atoms. The lowest BCUT2D eigenvalue weighted by Gasteiger charge is -2.15. The third-order valence-corrected chi connectivity index (χ3v) is 5.22. The van der Waals surface area contributed by atoms with Crippen LogP contribution in [-0.4, -0.2) is 10.5 Å². The number of amides is 1. The highest BCUT2D eigenvalue weighted by molar-refractivity contribution is 6.06. The summed E-state index contributed by atoms with van der Waals surface area (Å²) < 4.78 is 14.8. The lowest BCUT2D eigenvalue weighted by molar-refractivity contribution is 0.0952. The number of fused-ring (bicyclic) bond motifs is 1. The number of hydrogen-bond donors (Lipinski definition) is 1. The Kier molecular flexibility index (Phi) is 5.44. The Morgan fingerprint density at radius 2 is 1.67 bits per heavy atom. The Bertz CT molecular complexity index is 1280. The van der Waals surface area contributed by atoms with Gasteiger partial charge in [-0.25, -0.2) is 4.39 Å². The van der Waals surface area contributed by atoms with Gasteiger partial charge in [0.1, 0.15) is 5.82 Å². The zero-order valence-electron chi connectivity index (χ0n) is 16.6. The van der Waals surface area contributed by atoms with Crippen molar-refractivity contribution in [3.8, 4) is 0 Å². The van der Waals surface area contributed by atoms with Crippen LogP contribution in [0.3, 0.4) is 0 Å². The molecule has 0 unspecified atom stereocenters. The molecule has 1 heterocycles. The number of benzene rings is 3. The third-order valence-electron chi connectivity index (χ3n) is 5.22. The number of rotatable bonds is 5. The van der Waals surface area contributed by atoms with Gasteiger partial charge < -0.3 is 9.88 Å². The van der Waals surface area contributed by atoms with Crippen molar-refractivity contribution in [1.29, 1.82) is 0 Å². The van der Waals surface area contributed by atoms with Crippen molar-refractivity contribution in [2.75, 3.05) is 0 Å². The fraction of sp³-hybridized carbons (Fsp3) is 0.120. The van der Waals surface area contributed by atoms with Crippen molar-refractivity contribution >= 4 is 16.8 Å². The molecule has 4 nitrogen and oxygen atoms in total. The van der Waals surface area contributed by atoms with Crippen LogP contribution in [0.1, 0.15) is 27.0 Å². The highest BCUT2D eigenvalue weighted by Gasteiger charge is 2.15. The zero-order chi connectivity index (χ0) is 21.1. The second-order valence-electron chi connectivity index (χ2n) is 7.24. The first-order valence-corrected chi connectivity index (χ1v) is 9.72. The normalized spacial score (nSPS) is 10.9. The van der Waals surface area contributed by atoms with Gasteiger partial charge in [0, 0.05) is 18.0 Å². The minimum absolute atomic E-state index is 0.233. The Morgan fingerprint density at radius 3 is 2.43 bits per heavy atom. The molecule has 0 saturated carbocycles. The summed E-state index contributed by atoms with van der Waals surface area (Å²) in [5.41, 5.74) is 3.75. The summed E-state index contributed by atoms with van der Waals surface area (Å²) in [4.78, 5) is 25.8. The standard InChI is InChI=1S/C25H21FN2O2/c1-17-6-2-3-7-19(17)16-28-23-9-5-4-8-21(23)22(14-24(28)29)25(30)27-15-18-10-12-20(26)13-11-18/h2-14H,15-16H2,1H3,(H,27,30). The molecule has 0 radical (unpaired) electrons. The van der Waals surface area contributed by atoms with Crippen molar-refractivity contribution in [2.24, 2.45) is 0 Å². The summed E-state index contributed by atoms with van der Waals surface area (Å²) >= 11 is 0. The van der Waals surface area contributed by atoms with E-state index in [1.54, 1.807) is 16.7 Å². The van der Waals surface area contributed by atoms with Crippen LogP contribution >= 0.6 is 0 Å². The third kappa shape index (κ3) is 4.01. The van der Waals surface area contributed by atoms with Crippen LogP contribution in [0.15, 0.2) is 83.7 Å². The van der Waals surface area contributed by atoms with Crippen molar-refractivity contribution in [1.82, 2.24) is 9.88 Å². The molecule has 5 heteroatoms. The Labute approximate surface area is 173 Å². The van der Waals surface area contributed by atoms with E-state index in [0.29, 0.717) is 23.0 Å². The van der Waals surface area contributed by atoms with Crippen LogP contribution in [0.4, 0.5) is 4.39 Å². The van der Waals surface area contributed by atoms with Gasteiger partial charge in [-0.2, -0.15) is 0 Å². The summed E-state index contributed by atoms with van der Waals surface area (Å²) in [5, 5.41) is 3.53. The summed E-state index contributed by atoms with van der Waals surface area (Å²) in [6.07, 6.45) is 0. The van der Waals surface area contributed by atoms with Crippen LogP contribution in [0.25, 0.3) is 10.9 Å². The molecule has 0 aliphatic carbocycles. The van der Waals surface area contributed by atoms with Gasteiger partial charge in [0.05, 0.1) is 17.6 Å². The van der Waals surface area contributed by atoms with E-state index in [2.05, 4.69) is 5.32 Å². The Hall–Kier alpha value is -3.73. The molecule has 1 N–H and O–H groups in total. The van der Waals surface area contributed by atoms with Crippen LogP contribution in [-0.2, 0) is 13.1 Å². The number of nitrogens with zero attached hydrogens (tertiary/aromatic N) is 1. The molecule has 0 atom stereocenters. The van der Waals surface area contributed by atoms with E-state index < -0.39 is 0 Å². The molecule has 4 aromatic rings. The summed E-state index contributed by atoms with van der Waals surface area (Å²) in [5.74, 6) is -0.663. The highest BCUT2D eigenvalue weighted by Crippen LogP contribution is 2.19. The van der Waals surface area contributed by atoms with Gasteiger partial charge in [0.2, 0.25) is 0 Å². The molecule has 0 bridgehead atoms. The summed E-state index contributed by atoms with van der Waals surface area (Å²) in [7, 11) is 0. The van der Waals surface area contributed by atoms with E-state index in [1.165, 1.54) is 18.2 Å². The molecule has 4 rings (SSSR count). The van der Waals surface area contributed by atoms with E-state index in [1.807, 2.05) is 55.5 Å². The Morgan fingerprint density at radius 1 is 0.967 bits per heavy atom. The number of aryl methyl sites for hydroxylation is 1. The first kappa shape index (κ1) is 19.6. The lowest BCUT2D eigenvalue weighted by Crippen LogP contribution is -2.28. The van der Waals surface area contributed by atoms with E-state index in [4.69, 9.17) is 0 Å². The predicted octanol–water partition coefficient (Wildman–Crippen LogP) is 4.43. The molecule has 0 aliphatic heterocycles. The second-order valence-corrected chi connectivity index (χ2v) is 7.24. The quantitative estimate of drug-likeness (QED) is 0.539. The number of pyridine rings is 1. The van der Waals surface area contributed by atoms with Gasteiger partial charge in [-0.05, 0) is 41.8 Å². The van der Waals surface area contributed by atoms with E-state index in [9.17, 15) is 14.0 Å². The first-order valence-electron chi connectivity index (χ1n) is 9.72. The van der Waals surface area contributed by atoms with Crippen molar-refractivity contribution in [3.05, 3.63) is 117 Å². The second kappa shape index (κ2) is 8.33. The van der Waals surface area contributed by atoms with E-state index in [0.717, 1.165) is 16.7 Å². The smallest absolute Gasteiger partial charge is 0.252 e. The van der Waals surface area contributed by atoms with E-state index >= 15 is 0 Å². The van der Waals surface area contributed by atoms with Gasteiger partial charge in [-0.15, -0.1) is 0 Å². The van der Waals surface area contributed by atoms with Crippen LogP contribution < -0.4 is 10.9 Å². The maximum absolute atomic E-state index is 13.1. The predicted molar refractivity (Wildman–Crippen MR) is 116 cm³/mol. The van der Waals surface area contributed by atoms with Gasteiger partial charge in [-0.3, -0.25) is 9.59 Å². The molecule has 150 valence electrons. The molecular weight excluding hydrogens is 379 g/mol. The fourth-order valence-electron chi connectivity index (χ4n) is 3.52. The molecule has 1 amide bonds. The number of aromatic nitrogens is 1. The van der Waals surface area contributed by atoms with Gasteiger partial charge in [-0.1, -0.05) is 54.6 Å². The SMILES string of the molecule is Cc1ccccc1Cn1c(=O)cc(C(=O)NCc2ccc(F)cc2)c2ccccc21. The van der Waals surface area contributed by atoms with Crippen molar-refractivity contribution in [2.45, 2.75) is 20.0 Å². The van der Waals surface area contributed by atoms with Crippen LogP contribution in [0.5, 0.6) is 0 Å². The van der Waals surface area contributed by atoms with Gasteiger partial charge in [0.15, 0.2) is 0 Å². The van der Waals surface area contributed by atoms with Crippen LogP contribution in [0, 0.1) is 12.7 Å². The average Bonchev–Trinajstić information content (AvgIpc) is 2.76. The minimum Gasteiger partial charge on any atom is -0.348 e. The topological polar surface area (TPSA) is 51.1 Å². The average molecular weight is 400 g/mol. The number of nitrogens with one attached hydrogen (secondary N) is 1. The van der Waals surface area contributed by atoms with E-state index in [-0.39, 0.29) is 23.8 Å². The maximum Gasteiger partial charge on any atom is 0.252 e. The van der Waals surface area contributed by atoms with Crippen LogP contribution in [0.2, 0.25) is 0 Å². The number of halogens is 1. The first-order chi connectivity index (χ1) is 14.5. The largest absolute Gasteiger partial charge is 0.348 e. The molecule has 0 fully saturated rings. The molecule has 0 aliphatic rings. The number of carbonyl (C=O) groups excluding carboxylic acids is 1. The molecule has 1 aromatic heterocycles. The lowest BCUT2D eigenvalue weighted by atomic mass is 10.1. The van der Waals surface area contributed by atoms with Crippen molar-refractivity contribution in [3.63, 3.8) is 0 Å². The summed E-state index contributed by atoms with van der Waals surface area (Å²) in [6.45, 7) is 2.70. The monoisotopic (exact) mass is 400 g/mol. The molecule has 30 heavy (non-hydrogen) atoms. The highest BCUT2D eigenvalue weighted by atomic mass is 19.1. The number of para-hydroxylation sites is 1. The van der Waals surface area contributed by atoms with Gasteiger partial charge in [0.25, 0.3) is 11.5 Å².